The highest BCUT2D eigenvalue weighted by Gasteiger charge is 2.09. The lowest BCUT2D eigenvalue weighted by Crippen LogP contribution is -2.14. The van der Waals surface area contributed by atoms with Gasteiger partial charge in [0.2, 0.25) is 0 Å². The van der Waals surface area contributed by atoms with E-state index in [1.807, 2.05) is 6.92 Å². The summed E-state index contributed by atoms with van der Waals surface area (Å²) in [5.41, 5.74) is 0. The number of hydrogen-bond donors (Lipinski definition) is 1. The van der Waals surface area contributed by atoms with E-state index in [0.29, 0.717) is 12.8 Å². The van der Waals surface area contributed by atoms with Crippen molar-refractivity contribution >= 4 is 11.9 Å². The SMILES string of the molecule is CCCC/C=C\CCCCCCCCC(=O)OC(C)CCCCCCCCCCCCCCC(=O)O. The molecule has 1 unspecified atom stereocenters. The molecule has 4 nitrogen and oxygen atoms in total. The third-order valence-electron chi connectivity index (χ3n) is 6.98. The number of unbranched alkanes of at least 4 members (excludes halogenated alkanes) is 19. The number of carbonyl (C=O) groups excluding carboxylic acids is 1. The van der Waals surface area contributed by atoms with Crippen LogP contribution < -0.4 is 0 Å². The average molecular weight is 509 g/mol. The Morgan fingerprint density at radius 2 is 1.03 bits per heavy atom. The molecule has 0 aromatic carbocycles. The first-order chi connectivity index (χ1) is 17.6. The Balaban J connectivity index is 3.32. The van der Waals surface area contributed by atoms with E-state index in [9.17, 15) is 9.59 Å². The van der Waals surface area contributed by atoms with Crippen molar-refractivity contribution in [2.24, 2.45) is 0 Å². The molecule has 0 aromatic rings. The van der Waals surface area contributed by atoms with Gasteiger partial charge in [0.05, 0.1) is 6.10 Å². The van der Waals surface area contributed by atoms with Gasteiger partial charge in [0, 0.05) is 12.8 Å². The summed E-state index contributed by atoms with van der Waals surface area (Å²) in [6.45, 7) is 4.28. The lowest BCUT2D eigenvalue weighted by atomic mass is 10.0. The second kappa shape index (κ2) is 28.3. The minimum atomic E-state index is -0.672. The second-order valence-corrected chi connectivity index (χ2v) is 10.7. The first-order valence-corrected chi connectivity index (χ1v) is 15.6. The van der Waals surface area contributed by atoms with Crippen LogP contribution in [0.5, 0.6) is 0 Å². The standard InChI is InChI=1S/C32H60O4/c1-3-4-5-6-7-8-9-14-17-20-23-26-29-32(35)36-30(2)27-24-21-18-15-12-10-11-13-16-19-22-25-28-31(33)34/h6-7,30H,3-5,8-29H2,1-2H3,(H,33,34)/b7-6-. The number of hydrogen-bond acceptors (Lipinski definition) is 3. The molecule has 36 heavy (non-hydrogen) atoms. The van der Waals surface area contributed by atoms with E-state index in [2.05, 4.69) is 19.1 Å². The summed E-state index contributed by atoms with van der Waals surface area (Å²) < 4.78 is 5.59. The number of esters is 1. The van der Waals surface area contributed by atoms with Crippen LogP contribution in [-0.4, -0.2) is 23.1 Å². The number of rotatable bonds is 28. The van der Waals surface area contributed by atoms with E-state index in [1.54, 1.807) is 0 Å². The molecular formula is C32H60O4. The molecule has 1 N–H and O–H groups in total. The van der Waals surface area contributed by atoms with Crippen LogP contribution in [0, 0.1) is 0 Å². The molecule has 0 fully saturated rings. The van der Waals surface area contributed by atoms with Crippen molar-refractivity contribution in [2.45, 2.75) is 180 Å². The van der Waals surface area contributed by atoms with Crippen LogP contribution in [0.4, 0.5) is 0 Å². The van der Waals surface area contributed by atoms with Crippen LogP contribution in [0.15, 0.2) is 12.2 Å². The van der Waals surface area contributed by atoms with Gasteiger partial charge in [0.15, 0.2) is 0 Å². The topological polar surface area (TPSA) is 63.6 Å². The predicted molar refractivity (Wildman–Crippen MR) is 153 cm³/mol. The first-order valence-electron chi connectivity index (χ1n) is 15.6. The average Bonchev–Trinajstić information content (AvgIpc) is 2.84. The zero-order valence-electron chi connectivity index (χ0n) is 24.1. The van der Waals surface area contributed by atoms with Gasteiger partial charge < -0.3 is 9.84 Å². The van der Waals surface area contributed by atoms with Gasteiger partial charge in [-0.25, -0.2) is 0 Å². The van der Waals surface area contributed by atoms with Crippen LogP contribution in [0.1, 0.15) is 174 Å². The van der Waals surface area contributed by atoms with E-state index >= 15 is 0 Å². The summed E-state index contributed by atoms with van der Waals surface area (Å²) in [5.74, 6) is -0.685. The predicted octanol–water partition coefficient (Wildman–Crippen LogP) is 10.3. The fourth-order valence-electron chi connectivity index (χ4n) is 4.61. The zero-order chi connectivity index (χ0) is 26.5. The molecule has 0 heterocycles. The van der Waals surface area contributed by atoms with Crippen LogP contribution >= 0.6 is 0 Å². The van der Waals surface area contributed by atoms with E-state index < -0.39 is 5.97 Å². The van der Waals surface area contributed by atoms with Crippen LogP contribution in [0.3, 0.4) is 0 Å². The van der Waals surface area contributed by atoms with Crippen molar-refractivity contribution in [3.05, 3.63) is 12.2 Å². The maximum atomic E-state index is 12.0. The van der Waals surface area contributed by atoms with Gasteiger partial charge in [-0.05, 0) is 51.9 Å². The molecule has 0 radical (unpaired) electrons. The maximum Gasteiger partial charge on any atom is 0.306 e. The molecule has 0 aliphatic carbocycles. The van der Waals surface area contributed by atoms with Gasteiger partial charge in [0.1, 0.15) is 0 Å². The number of aliphatic carboxylic acids is 1. The molecule has 0 amide bonds. The quantitative estimate of drug-likeness (QED) is 0.0648. The minimum Gasteiger partial charge on any atom is -0.481 e. The van der Waals surface area contributed by atoms with Gasteiger partial charge in [-0.1, -0.05) is 122 Å². The van der Waals surface area contributed by atoms with E-state index in [-0.39, 0.29) is 12.1 Å². The fourth-order valence-corrected chi connectivity index (χ4v) is 4.61. The molecule has 1 atom stereocenters. The molecule has 0 saturated carbocycles. The van der Waals surface area contributed by atoms with Crippen LogP contribution in [-0.2, 0) is 14.3 Å². The highest BCUT2D eigenvalue weighted by atomic mass is 16.5. The molecule has 0 aromatic heterocycles. The largest absolute Gasteiger partial charge is 0.481 e. The molecule has 4 heteroatoms. The molecular weight excluding hydrogens is 448 g/mol. The highest BCUT2D eigenvalue weighted by Crippen LogP contribution is 2.15. The van der Waals surface area contributed by atoms with Crippen molar-refractivity contribution in [3.63, 3.8) is 0 Å². The van der Waals surface area contributed by atoms with Crippen LogP contribution in [0.25, 0.3) is 0 Å². The van der Waals surface area contributed by atoms with Crippen molar-refractivity contribution in [3.8, 4) is 0 Å². The molecule has 0 spiro atoms. The Hall–Kier alpha value is -1.32. The molecule has 0 rings (SSSR count). The number of carboxylic acid groups (broad SMARTS) is 1. The molecule has 212 valence electrons. The highest BCUT2D eigenvalue weighted by molar-refractivity contribution is 5.69. The Morgan fingerprint density at radius 1 is 0.611 bits per heavy atom. The lowest BCUT2D eigenvalue weighted by molar-refractivity contribution is -0.148. The van der Waals surface area contributed by atoms with Gasteiger partial charge in [-0.15, -0.1) is 0 Å². The summed E-state index contributed by atoms with van der Waals surface area (Å²) in [6, 6.07) is 0. The van der Waals surface area contributed by atoms with Crippen molar-refractivity contribution in [1.82, 2.24) is 0 Å². The smallest absolute Gasteiger partial charge is 0.306 e. The number of allylic oxidation sites excluding steroid dienone is 2. The number of ether oxygens (including phenoxy) is 1. The summed E-state index contributed by atoms with van der Waals surface area (Å²) >= 11 is 0. The first kappa shape index (κ1) is 34.7. The Bertz CT molecular complexity index is 514. The minimum absolute atomic E-state index is 0.0124. The van der Waals surface area contributed by atoms with Gasteiger partial charge in [0.25, 0.3) is 0 Å². The summed E-state index contributed by atoms with van der Waals surface area (Å²) in [6.07, 6.45) is 33.4. The van der Waals surface area contributed by atoms with Crippen molar-refractivity contribution < 1.29 is 19.4 Å². The lowest BCUT2D eigenvalue weighted by Gasteiger charge is -2.13. The van der Waals surface area contributed by atoms with E-state index in [4.69, 9.17) is 9.84 Å². The monoisotopic (exact) mass is 508 g/mol. The van der Waals surface area contributed by atoms with Crippen LogP contribution in [0.2, 0.25) is 0 Å². The maximum absolute atomic E-state index is 12.0. The zero-order valence-corrected chi connectivity index (χ0v) is 24.1. The molecule has 0 bridgehead atoms. The Labute approximate surface area is 224 Å². The Morgan fingerprint density at radius 3 is 1.53 bits per heavy atom. The van der Waals surface area contributed by atoms with Gasteiger partial charge in [-0.3, -0.25) is 9.59 Å². The second-order valence-electron chi connectivity index (χ2n) is 10.7. The third-order valence-corrected chi connectivity index (χ3v) is 6.98. The molecule has 0 aliphatic rings. The van der Waals surface area contributed by atoms with E-state index in [0.717, 1.165) is 38.5 Å². The number of carboxylic acids is 1. The Kier molecular flexibility index (Phi) is 27.2. The third kappa shape index (κ3) is 28.9. The summed E-state index contributed by atoms with van der Waals surface area (Å²) in [4.78, 5) is 22.5. The van der Waals surface area contributed by atoms with E-state index in [1.165, 1.54) is 109 Å². The van der Waals surface area contributed by atoms with Gasteiger partial charge >= 0.3 is 11.9 Å². The van der Waals surface area contributed by atoms with Crippen molar-refractivity contribution in [2.75, 3.05) is 0 Å². The normalized spacial score (nSPS) is 12.3. The fraction of sp³-hybridized carbons (Fsp3) is 0.875. The molecule has 0 aliphatic heterocycles. The van der Waals surface area contributed by atoms with Crippen molar-refractivity contribution in [1.29, 1.82) is 0 Å². The number of carbonyl (C=O) groups is 2. The molecule has 0 saturated heterocycles. The summed E-state index contributed by atoms with van der Waals surface area (Å²) in [5, 5.41) is 8.62. The summed E-state index contributed by atoms with van der Waals surface area (Å²) in [7, 11) is 0. The van der Waals surface area contributed by atoms with Gasteiger partial charge in [-0.2, -0.15) is 0 Å².